The van der Waals surface area contributed by atoms with E-state index in [4.69, 9.17) is 16.3 Å². The van der Waals surface area contributed by atoms with E-state index in [-0.39, 0.29) is 16.3 Å². The maximum Gasteiger partial charge on any atom is 0.192 e. The minimum atomic E-state index is -2.19. The average molecular weight is 418 g/mol. The predicted molar refractivity (Wildman–Crippen MR) is 105 cm³/mol. The van der Waals surface area contributed by atoms with Gasteiger partial charge in [0.05, 0.1) is 17.7 Å². The molecule has 1 N–H and O–H groups in total. The smallest absolute Gasteiger partial charge is 0.192 e. The van der Waals surface area contributed by atoms with Gasteiger partial charge in [-0.2, -0.15) is 0 Å². The van der Waals surface area contributed by atoms with E-state index in [0.29, 0.717) is 22.3 Å². The van der Waals surface area contributed by atoms with E-state index in [0.717, 1.165) is 24.6 Å². The Morgan fingerprint density at radius 2 is 2.11 bits per heavy atom. The molecule has 1 aliphatic rings. The number of carbonyl (C=O) groups is 1. The molecule has 2 rings (SSSR count). The normalized spacial score (nSPS) is 16.0. The zero-order chi connectivity index (χ0) is 20.0. The summed E-state index contributed by atoms with van der Waals surface area (Å²) in [5.74, 6) is 0.0265. The minimum Gasteiger partial charge on any atom is -0.496 e. The van der Waals surface area contributed by atoms with E-state index >= 15 is 0 Å². The number of benzene rings is 1. The number of ether oxygens (including phenoxy) is 1. The molecular weight excluding hydrogens is 396 g/mol. The largest absolute Gasteiger partial charge is 0.496 e. The lowest BCUT2D eigenvalue weighted by Crippen LogP contribution is -2.34. The Balaban J connectivity index is 2.35. The van der Waals surface area contributed by atoms with E-state index in [1.807, 2.05) is 6.92 Å². The number of alkyl halides is 2. The summed E-state index contributed by atoms with van der Waals surface area (Å²) in [6, 6.07) is 4.72. The lowest BCUT2D eigenvalue weighted by Gasteiger charge is -2.20. The Bertz CT molecular complexity index is 750. The molecule has 0 aliphatic carbocycles. The zero-order valence-corrected chi connectivity index (χ0v) is 16.7. The average Bonchev–Trinajstić information content (AvgIpc) is 3.08. The number of nitrogens with zero attached hydrogens (tertiary/aromatic N) is 1. The van der Waals surface area contributed by atoms with Crippen LogP contribution in [0.25, 0.3) is 0 Å². The van der Waals surface area contributed by atoms with Crippen molar-refractivity contribution in [2.45, 2.75) is 25.4 Å². The number of carbonyl (C=O) groups excluding carboxylic acids is 1. The zero-order valence-electron chi connectivity index (χ0n) is 15.2. The maximum absolute atomic E-state index is 13.2. The van der Waals surface area contributed by atoms with Crippen molar-refractivity contribution >= 4 is 29.1 Å². The molecule has 0 fully saturated rings. The Morgan fingerprint density at radius 3 is 2.70 bits per heavy atom. The number of aliphatic hydroxyl groups is 1. The summed E-state index contributed by atoms with van der Waals surface area (Å²) >= 11 is 6.97. The van der Waals surface area contributed by atoms with Crippen LogP contribution in [0.1, 0.15) is 30.1 Å². The first-order valence-corrected chi connectivity index (χ1v) is 9.68. The van der Waals surface area contributed by atoms with Gasteiger partial charge in [0, 0.05) is 28.7 Å². The van der Waals surface area contributed by atoms with Crippen LogP contribution in [0, 0.1) is 0 Å². The molecule has 4 nitrogen and oxygen atoms in total. The summed E-state index contributed by atoms with van der Waals surface area (Å²) in [5.41, 5.74) is -1.91. The highest BCUT2D eigenvalue weighted by molar-refractivity contribution is 8.07. The van der Waals surface area contributed by atoms with Gasteiger partial charge in [-0.15, -0.1) is 0 Å². The lowest BCUT2D eigenvalue weighted by molar-refractivity contribution is 0.0338. The molecule has 1 aromatic carbocycles. The van der Waals surface area contributed by atoms with Crippen LogP contribution in [0.4, 0.5) is 8.78 Å². The molecule has 8 heteroatoms. The highest BCUT2D eigenvalue weighted by atomic mass is 35.5. The third kappa shape index (κ3) is 5.03. The number of allylic oxidation sites excluding steroid dienone is 1. The SMILES string of the molecule is CCCCN1C=C(C(O)(CF)CF)S/C1=C\C(=O)c1cc(Cl)ccc1OC. The van der Waals surface area contributed by atoms with Crippen LogP contribution in [0.5, 0.6) is 5.75 Å². The van der Waals surface area contributed by atoms with Crippen LogP contribution in [0.2, 0.25) is 5.02 Å². The van der Waals surface area contributed by atoms with E-state index in [1.165, 1.54) is 25.5 Å². The number of unbranched alkanes of at least 4 members (excludes halogenated alkanes) is 1. The quantitative estimate of drug-likeness (QED) is 0.465. The fourth-order valence-corrected chi connectivity index (χ4v) is 3.77. The molecule has 0 bridgehead atoms. The molecule has 0 amide bonds. The predicted octanol–water partition coefficient (Wildman–Crippen LogP) is 4.73. The van der Waals surface area contributed by atoms with Gasteiger partial charge in [-0.05, 0) is 24.6 Å². The highest BCUT2D eigenvalue weighted by Gasteiger charge is 2.38. The van der Waals surface area contributed by atoms with E-state index in [2.05, 4.69) is 0 Å². The summed E-state index contributed by atoms with van der Waals surface area (Å²) < 4.78 is 31.6. The third-order valence-electron chi connectivity index (χ3n) is 4.11. The van der Waals surface area contributed by atoms with Crippen molar-refractivity contribution in [3.05, 3.63) is 51.0 Å². The molecule has 0 radical (unpaired) electrons. The van der Waals surface area contributed by atoms with Crippen LogP contribution in [-0.4, -0.2) is 48.4 Å². The van der Waals surface area contributed by atoms with Crippen molar-refractivity contribution in [1.82, 2.24) is 4.90 Å². The molecule has 0 spiro atoms. The first-order chi connectivity index (χ1) is 12.9. The fraction of sp³-hybridized carbons (Fsp3) is 0.421. The molecule has 0 saturated heterocycles. The second-order valence-electron chi connectivity index (χ2n) is 6.13. The van der Waals surface area contributed by atoms with Crippen LogP contribution in [0.3, 0.4) is 0 Å². The monoisotopic (exact) mass is 417 g/mol. The molecular formula is C19H22ClF2NO3S. The molecule has 0 aromatic heterocycles. The Labute approximate surface area is 166 Å². The first kappa shape index (κ1) is 21.7. The Hall–Kier alpha value is -1.57. The van der Waals surface area contributed by atoms with Gasteiger partial charge in [0.1, 0.15) is 19.1 Å². The molecule has 1 aromatic rings. The van der Waals surface area contributed by atoms with Gasteiger partial charge in [0.25, 0.3) is 0 Å². The van der Waals surface area contributed by atoms with Crippen molar-refractivity contribution in [2.75, 3.05) is 27.0 Å². The highest BCUT2D eigenvalue weighted by Crippen LogP contribution is 2.43. The van der Waals surface area contributed by atoms with Crippen molar-refractivity contribution < 1.29 is 23.4 Å². The molecule has 0 atom stereocenters. The Kier molecular flexibility index (Phi) is 7.70. The summed E-state index contributed by atoms with van der Waals surface area (Å²) in [6.45, 7) is 0.0900. The van der Waals surface area contributed by atoms with Crippen LogP contribution in [-0.2, 0) is 0 Å². The standard InChI is InChI=1S/C19H22ClF2NO3S/c1-3-4-7-23-10-17(19(25,11-21)12-22)27-18(23)9-15(24)14-8-13(20)5-6-16(14)26-2/h5-6,8-10,25H,3-4,7,11-12H2,1-2H3/b18-9-. The van der Waals surface area contributed by atoms with Crippen LogP contribution in [0.15, 0.2) is 40.4 Å². The van der Waals surface area contributed by atoms with Gasteiger partial charge in [-0.3, -0.25) is 4.79 Å². The maximum atomic E-state index is 13.2. The van der Waals surface area contributed by atoms with E-state index < -0.39 is 19.0 Å². The molecule has 0 unspecified atom stereocenters. The number of hydrogen-bond donors (Lipinski definition) is 1. The molecule has 148 valence electrons. The summed E-state index contributed by atoms with van der Waals surface area (Å²) in [7, 11) is 1.45. The van der Waals surface area contributed by atoms with Crippen molar-refractivity contribution in [2.24, 2.45) is 0 Å². The van der Waals surface area contributed by atoms with Gasteiger partial charge < -0.3 is 14.7 Å². The summed E-state index contributed by atoms with van der Waals surface area (Å²) in [6.07, 6.45) is 4.60. The number of hydrogen-bond acceptors (Lipinski definition) is 5. The van der Waals surface area contributed by atoms with Crippen molar-refractivity contribution in [1.29, 1.82) is 0 Å². The Morgan fingerprint density at radius 1 is 1.41 bits per heavy atom. The molecule has 1 heterocycles. The van der Waals surface area contributed by atoms with Crippen molar-refractivity contribution in [3.63, 3.8) is 0 Å². The van der Waals surface area contributed by atoms with Crippen molar-refractivity contribution in [3.8, 4) is 5.75 Å². The van der Waals surface area contributed by atoms with E-state index in [9.17, 15) is 18.7 Å². The second kappa shape index (κ2) is 9.57. The summed E-state index contributed by atoms with van der Waals surface area (Å²) in [4.78, 5) is 14.6. The number of ketones is 1. The van der Waals surface area contributed by atoms with Gasteiger partial charge >= 0.3 is 0 Å². The topological polar surface area (TPSA) is 49.8 Å². The molecule has 0 saturated carbocycles. The summed E-state index contributed by atoms with van der Waals surface area (Å²) in [5, 5.41) is 11.0. The minimum absolute atomic E-state index is 0.140. The lowest BCUT2D eigenvalue weighted by atomic mass is 10.1. The van der Waals surface area contributed by atoms with Gasteiger partial charge in [-0.1, -0.05) is 36.7 Å². The first-order valence-electron chi connectivity index (χ1n) is 8.49. The molecule has 1 aliphatic heterocycles. The van der Waals surface area contributed by atoms with E-state index in [1.54, 1.807) is 17.0 Å². The number of rotatable bonds is 9. The molecule has 27 heavy (non-hydrogen) atoms. The third-order valence-corrected chi connectivity index (χ3v) is 5.61. The number of thioether (sulfide) groups is 1. The fourth-order valence-electron chi connectivity index (χ4n) is 2.46. The van der Waals surface area contributed by atoms with Crippen LogP contribution >= 0.6 is 23.4 Å². The van der Waals surface area contributed by atoms with Gasteiger partial charge in [0.2, 0.25) is 0 Å². The van der Waals surface area contributed by atoms with Gasteiger partial charge in [-0.25, -0.2) is 8.78 Å². The second-order valence-corrected chi connectivity index (χ2v) is 7.63. The number of halogens is 3. The van der Waals surface area contributed by atoms with Gasteiger partial charge in [0.15, 0.2) is 11.4 Å². The van der Waals surface area contributed by atoms with Crippen LogP contribution < -0.4 is 4.74 Å². The number of methoxy groups -OCH3 is 1.